The zero-order chi connectivity index (χ0) is 10.0. The number of alkyl halides is 1. The van der Waals surface area contributed by atoms with Crippen LogP contribution in [0.2, 0.25) is 0 Å². The lowest BCUT2D eigenvalue weighted by molar-refractivity contribution is 0.138. The lowest BCUT2D eigenvalue weighted by Gasteiger charge is -2.31. The summed E-state index contributed by atoms with van der Waals surface area (Å²) in [5.74, 6) is 0.892. The van der Waals surface area contributed by atoms with Gasteiger partial charge in [-0.2, -0.15) is 5.10 Å². The molecule has 0 N–H and O–H groups in total. The van der Waals surface area contributed by atoms with Gasteiger partial charge in [0.05, 0.1) is 12.4 Å². The average Bonchev–Trinajstić information content (AvgIpc) is 2.51. The monoisotopic (exact) mass is 306 g/mol. The summed E-state index contributed by atoms with van der Waals surface area (Å²) in [6, 6.07) is 0. The molecule has 0 atom stereocenters. The zero-order valence-electron chi connectivity index (χ0n) is 8.37. The van der Waals surface area contributed by atoms with Crippen molar-refractivity contribution in [1.82, 2.24) is 9.78 Å². The summed E-state index contributed by atoms with van der Waals surface area (Å²) in [4.78, 5) is 0. The molecule has 4 heteroatoms. The van der Waals surface area contributed by atoms with Crippen LogP contribution in [0.4, 0.5) is 0 Å². The summed E-state index contributed by atoms with van der Waals surface area (Å²) in [6.45, 7) is 0. The smallest absolute Gasteiger partial charge is 0.159 e. The fraction of sp³-hybridized carbons (Fsp3) is 0.700. The number of aryl methyl sites for hydroxylation is 1. The largest absolute Gasteiger partial charge is 0.474 e. The number of hydrogen-bond acceptors (Lipinski definition) is 2. The number of nitrogens with zero attached hydrogens (tertiary/aromatic N) is 2. The molecule has 0 amide bonds. The molecule has 78 valence electrons. The second-order valence-corrected chi connectivity index (χ2v) is 5.86. The van der Waals surface area contributed by atoms with Gasteiger partial charge in [0.25, 0.3) is 0 Å². The van der Waals surface area contributed by atoms with Gasteiger partial charge in [-0.1, -0.05) is 6.42 Å². The van der Waals surface area contributed by atoms with Gasteiger partial charge < -0.3 is 4.74 Å². The maximum Gasteiger partial charge on any atom is 0.159 e. The van der Waals surface area contributed by atoms with Gasteiger partial charge >= 0.3 is 0 Å². The summed E-state index contributed by atoms with van der Waals surface area (Å²) in [5.41, 5.74) is 0. The average molecular weight is 306 g/mol. The molecule has 1 saturated carbocycles. The molecule has 14 heavy (non-hydrogen) atoms. The van der Waals surface area contributed by atoms with E-state index in [4.69, 9.17) is 4.74 Å². The third-order valence-electron chi connectivity index (χ3n) is 2.58. The van der Waals surface area contributed by atoms with Crippen molar-refractivity contribution in [1.29, 1.82) is 0 Å². The highest BCUT2D eigenvalue weighted by molar-refractivity contribution is 14.1. The Labute approximate surface area is 98.0 Å². The van der Waals surface area contributed by atoms with Crippen LogP contribution in [-0.2, 0) is 7.05 Å². The molecule has 0 aliphatic heterocycles. The van der Waals surface area contributed by atoms with Crippen molar-refractivity contribution in [2.45, 2.75) is 35.7 Å². The Kier molecular flexibility index (Phi) is 2.99. The number of rotatable bonds is 2. The van der Waals surface area contributed by atoms with Gasteiger partial charge in [0.2, 0.25) is 0 Å². The van der Waals surface area contributed by atoms with Gasteiger partial charge in [-0.05, 0) is 48.3 Å². The van der Waals surface area contributed by atoms with Crippen molar-refractivity contribution in [3.63, 3.8) is 0 Å². The number of aromatic nitrogens is 2. The second-order valence-electron chi connectivity index (χ2n) is 3.90. The highest BCUT2D eigenvalue weighted by Gasteiger charge is 2.31. The molecule has 0 unspecified atom stereocenters. The summed E-state index contributed by atoms with van der Waals surface area (Å²) in [7, 11) is 1.91. The molecule has 0 radical (unpaired) electrons. The molecule has 1 fully saturated rings. The first kappa shape index (κ1) is 10.3. The second kappa shape index (κ2) is 4.08. The number of ether oxygens (including phenoxy) is 1. The summed E-state index contributed by atoms with van der Waals surface area (Å²) in [5, 5.41) is 4.10. The van der Waals surface area contributed by atoms with Crippen LogP contribution in [0.1, 0.15) is 32.1 Å². The van der Waals surface area contributed by atoms with E-state index in [-0.39, 0.29) is 3.61 Å². The minimum Gasteiger partial charge on any atom is -0.474 e. The molecular formula is C10H15IN2O. The third kappa shape index (κ3) is 2.40. The van der Waals surface area contributed by atoms with Crippen molar-refractivity contribution in [2.24, 2.45) is 7.05 Å². The van der Waals surface area contributed by atoms with Crippen LogP contribution >= 0.6 is 22.6 Å². The van der Waals surface area contributed by atoms with Crippen molar-refractivity contribution in [2.75, 3.05) is 0 Å². The molecule has 1 aromatic rings. The van der Waals surface area contributed by atoms with Gasteiger partial charge in [0, 0.05) is 7.05 Å². The molecule has 1 heterocycles. The van der Waals surface area contributed by atoms with Gasteiger partial charge in [-0.25, -0.2) is 0 Å². The van der Waals surface area contributed by atoms with E-state index in [2.05, 4.69) is 27.7 Å². The molecule has 0 bridgehead atoms. The first-order valence-electron chi connectivity index (χ1n) is 5.05. The maximum absolute atomic E-state index is 5.97. The predicted octanol–water partition coefficient (Wildman–Crippen LogP) is 2.89. The molecule has 0 spiro atoms. The Morgan fingerprint density at radius 1 is 1.43 bits per heavy atom. The molecule has 0 aromatic carbocycles. The number of halogens is 1. The van der Waals surface area contributed by atoms with E-state index in [0.717, 1.165) is 18.6 Å². The topological polar surface area (TPSA) is 27.1 Å². The minimum atomic E-state index is 0.0129. The quantitative estimate of drug-likeness (QED) is 0.620. The molecule has 1 aliphatic carbocycles. The third-order valence-corrected chi connectivity index (χ3v) is 3.88. The fourth-order valence-corrected chi connectivity index (χ4v) is 2.86. The molecule has 1 aliphatic rings. The molecule has 0 saturated heterocycles. The Bertz CT molecular complexity index is 305. The van der Waals surface area contributed by atoms with Gasteiger partial charge in [-0.15, -0.1) is 0 Å². The standard InChI is InChI=1S/C10H15IN2O/c1-13-8-9(7-12-13)14-10(11)5-3-2-4-6-10/h7-8H,2-6H2,1H3. The van der Waals surface area contributed by atoms with E-state index in [1.165, 1.54) is 19.3 Å². The lowest BCUT2D eigenvalue weighted by atomic mass is 9.98. The van der Waals surface area contributed by atoms with E-state index in [9.17, 15) is 0 Å². The van der Waals surface area contributed by atoms with Crippen LogP contribution < -0.4 is 4.74 Å². The van der Waals surface area contributed by atoms with Crippen LogP contribution in [0.3, 0.4) is 0 Å². The normalized spacial score (nSPS) is 20.7. The first-order chi connectivity index (χ1) is 6.68. The fourth-order valence-electron chi connectivity index (χ4n) is 1.84. The molecule has 3 nitrogen and oxygen atoms in total. The lowest BCUT2D eigenvalue weighted by Crippen LogP contribution is -2.30. The summed E-state index contributed by atoms with van der Waals surface area (Å²) < 4.78 is 7.76. The van der Waals surface area contributed by atoms with Gasteiger partial charge in [0.1, 0.15) is 0 Å². The van der Waals surface area contributed by atoms with Crippen LogP contribution in [0, 0.1) is 0 Å². The number of hydrogen-bond donors (Lipinski definition) is 0. The van der Waals surface area contributed by atoms with Crippen molar-refractivity contribution < 1.29 is 4.74 Å². The zero-order valence-corrected chi connectivity index (χ0v) is 10.5. The van der Waals surface area contributed by atoms with Crippen LogP contribution in [0.25, 0.3) is 0 Å². The van der Waals surface area contributed by atoms with E-state index >= 15 is 0 Å². The highest BCUT2D eigenvalue weighted by atomic mass is 127. The Morgan fingerprint density at radius 2 is 2.14 bits per heavy atom. The Balaban J connectivity index is 2.01. The Hall–Kier alpha value is -0.260. The SMILES string of the molecule is Cn1cc(OC2(I)CCCCC2)cn1. The van der Waals surface area contributed by atoms with Crippen LogP contribution in [0.15, 0.2) is 12.4 Å². The van der Waals surface area contributed by atoms with E-state index in [0.29, 0.717) is 0 Å². The van der Waals surface area contributed by atoms with Crippen LogP contribution in [-0.4, -0.2) is 13.4 Å². The highest BCUT2D eigenvalue weighted by Crippen LogP contribution is 2.37. The van der Waals surface area contributed by atoms with Gasteiger partial charge in [-0.3, -0.25) is 4.68 Å². The predicted molar refractivity (Wildman–Crippen MR) is 63.7 cm³/mol. The first-order valence-corrected chi connectivity index (χ1v) is 6.12. The molecule has 2 rings (SSSR count). The van der Waals surface area contributed by atoms with E-state index < -0.39 is 0 Å². The maximum atomic E-state index is 5.97. The van der Waals surface area contributed by atoms with Crippen molar-refractivity contribution >= 4 is 22.6 Å². The van der Waals surface area contributed by atoms with Crippen LogP contribution in [0.5, 0.6) is 5.75 Å². The van der Waals surface area contributed by atoms with Crippen molar-refractivity contribution in [3.05, 3.63) is 12.4 Å². The Morgan fingerprint density at radius 3 is 2.71 bits per heavy atom. The summed E-state index contributed by atoms with van der Waals surface area (Å²) >= 11 is 2.44. The van der Waals surface area contributed by atoms with Gasteiger partial charge in [0.15, 0.2) is 9.36 Å². The van der Waals surface area contributed by atoms with E-state index in [1.807, 2.05) is 13.2 Å². The van der Waals surface area contributed by atoms with E-state index in [1.54, 1.807) is 10.9 Å². The summed E-state index contributed by atoms with van der Waals surface area (Å²) in [6.07, 6.45) is 9.93. The molecular weight excluding hydrogens is 291 g/mol. The van der Waals surface area contributed by atoms with Crippen molar-refractivity contribution in [3.8, 4) is 5.75 Å². The molecule has 1 aromatic heterocycles. The minimum absolute atomic E-state index is 0.0129.